The van der Waals surface area contributed by atoms with Crippen LogP contribution in [-0.2, 0) is 0 Å². The first-order valence-electron chi connectivity index (χ1n) is 7.33. The molecule has 1 saturated carbocycles. The molecule has 0 atom stereocenters. The van der Waals surface area contributed by atoms with E-state index in [-0.39, 0.29) is 0 Å². The molecule has 1 aromatic heterocycles. The molecule has 0 saturated heterocycles. The van der Waals surface area contributed by atoms with Crippen LogP contribution in [0.3, 0.4) is 0 Å². The number of methoxy groups -OCH3 is 1. The van der Waals surface area contributed by atoms with Crippen molar-refractivity contribution in [1.29, 1.82) is 5.26 Å². The second-order valence-electron chi connectivity index (χ2n) is 5.38. The van der Waals surface area contributed by atoms with E-state index in [9.17, 15) is 5.26 Å². The molecule has 1 fully saturated rings. The summed E-state index contributed by atoms with van der Waals surface area (Å²) in [6.07, 6.45) is 5.90. The van der Waals surface area contributed by atoms with Gasteiger partial charge in [0, 0.05) is 12.0 Å². The molecule has 108 valence electrons. The highest BCUT2D eigenvalue weighted by Crippen LogP contribution is 2.35. The monoisotopic (exact) mass is 282 g/mol. The SMILES string of the molecule is COc1cccc(-n2nnc(C#N)c2C2CCCCC2)c1. The Morgan fingerprint density at radius 2 is 2.10 bits per heavy atom. The van der Waals surface area contributed by atoms with Crippen molar-refractivity contribution < 1.29 is 4.74 Å². The molecule has 1 aromatic carbocycles. The molecule has 0 N–H and O–H groups in total. The first-order valence-corrected chi connectivity index (χ1v) is 7.33. The average Bonchev–Trinajstić information content (AvgIpc) is 2.99. The van der Waals surface area contributed by atoms with Crippen molar-refractivity contribution in [3.63, 3.8) is 0 Å². The number of hydrogen-bond donors (Lipinski definition) is 0. The summed E-state index contributed by atoms with van der Waals surface area (Å²) in [7, 11) is 1.64. The van der Waals surface area contributed by atoms with Gasteiger partial charge in [0.1, 0.15) is 11.8 Å². The summed E-state index contributed by atoms with van der Waals surface area (Å²) < 4.78 is 7.07. The Labute approximate surface area is 124 Å². The molecular weight excluding hydrogens is 264 g/mol. The number of nitrogens with zero attached hydrogens (tertiary/aromatic N) is 4. The highest BCUT2D eigenvalue weighted by atomic mass is 16.5. The van der Waals surface area contributed by atoms with E-state index in [1.54, 1.807) is 11.8 Å². The minimum Gasteiger partial charge on any atom is -0.497 e. The maximum absolute atomic E-state index is 9.32. The van der Waals surface area contributed by atoms with Gasteiger partial charge in [-0.2, -0.15) is 5.26 Å². The first kappa shape index (κ1) is 13.6. The minimum atomic E-state index is 0.370. The Morgan fingerprint density at radius 1 is 1.29 bits per heavy atom. The van der Waals surface area contributed by atoms with E-state index in [0.717, 1.165) is 30.0 Å². The smallest absolute Gasteiger partial charge is 0.186 e. The molecule has 21 heavy (non-hydrogen) atoms. The zero-order valence-electron chi connectivity index (χ0n) is 12.1. The Morgan fingerprint density at radius 3 is 2.81 bits per heavy atom. The zero-order chi connectivity index (χ0) is 14.7. The lowest BCUT2D eigenvalue weighted by Gasteiger charge is -2.22. The molecule has 2 aromatic rings. The van der Waals surface area contributed by atoms with Gasteiger partial charge in [-0.25, -0.2) is 4.68 Å². The lowest BCUT2D eigenvalue weighted by atomic mass is 9.86. The molecule has 1 heterocycles. The number of nitriles is 1. The van der Waals surface area contributed by atoms with Crippen LogP contribution >= 0.6 is 0 Å². The van der Waals surface area contributed by atoms with Gasteiger partial charge in [0.2, 0.25) is 0 Å². The number of benzene rings is 1. The number of rotatable bonds is 3. The average molecular weight is 282 g/mol. The van der Waals surface area contributed by atoms with Crippen molar-refractivity contribution in [3.05, 3.63) is 35.7 Å². The lowest BCUT2D eigenvalue weighted by Crippen LogP contribution is -2.12. The van der Waals surface area contributed by atoms with Crippen LogP contribution in [-0.4, -0.2) is 22.1 Å². The lowest BCUT2D eigenvalue weighted by molar-refractivity contribution is 0.413. The van der Waals surface area contributed by atoms with E-state index < -0.39 is 0 Å². The zero-order valence-corrected chi connectivity index (χ0v) is 12.1. The summed E-state index contributed by atoms with van der Waals surface area (Å²) in [6, 6.07) is 9.89. The summed E-state index contributed by atoms with van der Waals surface area (Å²) in [5.41, 5.74) is 2.29. The third-order valence-electron chi connectivity index (χ3n) is 4.10. The van der Waals surface area contributed by atoms with E-state index in [4.69, 9.17) is 4.74 Å². The van der Waals surface area contributed by atoms with Crippen LogP contribution in [0.25, 0.3) is 5.69 Å². The molecule has 5 heteroatoms. The summed E-state index contributed by atoms with van der Waals surface area (Å²) in [4.78, 5) is 0. The third kappa shape index (κ3) is 2.62. The standard InChI is InChI=1S/C16H18N4O/c1-21-14-9-5-8-13(10-14)20-16(15(11-17)18-19-20)12-6-3-2-4-7-12/h5,8-10,12H,2-4,6-7H2,1H3. The highest BCUT2D eigenvalue weighted by Gasteiger charge is 2.25. The van der Waals surface area contributed by atoms with Gasteiger partial charge in [0.25, 0.3) is 0 Å². The van der Waals surface area contributed by atoms with Crippen LogP contribution in [0.4, 0.5) is 0 Å². The molecule has 0 spiro atoms. The highest BCUT2D eigenvalue weighted by molar-refractivity contribution is 5.42. The second-order valence-corrected chi connectivity index (χ2v) is 5.38. The van der Waals surface area contributed by atoms with E-state index in [1.165, 1.54) is 19.3 Å². The fourth-order valence-corrected chi connectivity index (χ4v) is 3.04. The number of ether oxygens (including phenoxy) is 1. The van der Waals surface area contributed by atoms with Gasteiger partial charge in [0.15, 0.2) is 5.69 Å². The molecule has 0 amide bonds. The number of aromatic nitrogens is 3. The Hall–Kier alpha value is -2.35. The fourth-order valence-electron chi connectivity index (χ4n) is 3.04. The van der Waals surface area contributed by atoms with Gasteiger partial charge in [-0.3, -0.25) is 0 Å². The van der Waals surface area contributed by atoms with E-state index in [0.29, 0.717) is 11.6 Å². The normalized spacial score (nSPS) is 15.6. The second kappa shape index (κ2) is 5.96. The Bertz CT molecular complexity index is 665. The predicted octanol–water partition coefficient (Wildman–Crippen LogP) is 3.20. The van der Waals surface area contributed by atoms with Crippen LogP contribution in [0, 0.1) is 11.3 Å². The van der Waals surface area contributed by atoms with Crippen LogP contribution in [0.15, 0.2) is 24.3 Å². The maximum Gasteiger partial charge on any atom is 0.186 e. The van der Waals surface area contributed by atoms with E-state index in [1.807, 2.05) is 24.3 Å². The van der Waals surface area contributed by atoms with Crippen molar-refractivity contribution >= 4 is 0 Å². The van der Waals surface area contributed by atoms with Gasteiger partial charge in [-0.05, 0) is 25.0 Å². The fraction of sp³-hybridized carbons (Fsp3) is 0.438. The molecule has 0 radical (unpaired) electrons. The topological polar surface area (TPSA) is 63.7 Å². The van der Waals surface area contributed by atoms with Crippen molar-refractivity contribution in [2.75, 3.05) is 7.11 Å². The van der Waals surface area contributed by atoms with Crippen molar-refractivity contribution in [2.45, 2.75) is 38.0 Å². The first-order chi connectivity index (χ1) is 10.3. The Balaban J connectivity index is 2.05. The molecule has 1 aliphatic rings. The summed E-state index contributed by atoms with van der Waals surface area (Å²) in [6.45, 7) is 0. The van der Waals surface area contributed by atoms with Crippen LogP contribution < -0.4 is 4.74 Å². The van der Waals surface area contributed by atoms with Gasteiger partial charge in [0.05, 0.1) is 18.5 Å². The van der Waals surface area contributed by atoms with Crippen LogP contribution in [0.1, 0.15) is 49.4 Å². The molecule has 0 bridgehead atoms. The molecule has 0 unspecified atom stereocenters. The van der Waals surface area contributed by atoms with Gasteiger partial charge >= 0.3 is 0 Å². The summed E-state index contributed by atoms with van der Waals surface area (Å²) in [5, 5.41) is 17.6. The molecule has 3 rings (SSSR count). The van der Waals surface area contributed by atoms with Crippen molar-refractivity contribution in [1.82, 2.24) is 15.0 Å². The largest absolute Gasteiger partial charge is 0.497 e. The predicted molar refractivity (Wildman–Crippen MR) is 78.5 cm³/mol. The van der Waals surface area contributed by atoms with Gasteiger partial charge < -0.3 is 4.74 Å². The quantitative estimate of drug-likeness (QED) is 0.867. The summed E-state index contributed by atoms with van der Waals surface area (Å²) >= 11 is 0. The van der Waals surface area contributed by atoms with Gasteiger partial charge in [-0.15, -0.1) is 5.10 Å². The molecule has 1 aliphatic carbocycles. The molecule has 0 aliphatic heterocycles. The Kier molecular flexibility index (Phi) is 3.87. The molecular formula is C16H18N4O. The number of hydrogen-bond acceptors (Lipinski definition) is 4. The third-order valence-corrected chi connectivity index (χ3v) is 4.10. The minimum absolute atomic E-state index is 0.370. The van der Waals surface area contributed by atoms with E-state index >= 15 is 0 Å². The van der Waals surface area contributed by atoms with E-state index in [2.05, 4.69) is 16.4 Å². The van der Waals surface area contributed by atoms with Crippen LogP contribution in [0.2, 0.25) is 0 Å². The van der Waals surface area contributed by atoms with Crippen molar-refractivity contribution in [3.8, 4) is 17.5 Å². The van der Waals surface area contributed by atoms with Crippen molar-refractivity contribution in [2.24, 2.45) is 0 Å². The van der Waals surface area contributed by atoms with Gasteiger partial charge in [-0.1, -0.05) is 30.5 Å². The summed E-state index contributed by atoms with van der Waals surface area (Å²) in [5.74, 6) is 1.14. The maximum atomic E-state index is 9.32. The van der Waals surface area contributed by atoms with Crippen LogP contribution in [0.5, 0.6) is 5.75 Å². The molecule has 5 nitrogen and oxygen atoms in total.